The number of benzene rings is 2. The summed E-state index contributed by atoms with van der Waals surface area (Å²) >= 11 is 6.10. The van der Waals surface area contributed by atoms with Gasteiger partial charge in [-0.25, -0.2) is 4.39 Å². The Balaban J connectivity index is 1.53. The number of halogens is 2. The van der Waals surface area contributed by atoms with Crippen molar-refractivity contribution in [3.05, 3.63) is 64.4 Å². The summed E-state index contributed by atoms with van der Waals surface area (Å²) in [5.74, 6) is 0.531. The summed E-state index contributed by atoms with van der Waals surface area (Å²) < 4.78 is 19.8. The first kappa shape index (κ1) is 16.8. The second-order valence-electron chi connectivity index (χ2n) is 5.93. The summed E-state index contributed by atoms with van der Waals surface area (Å²) in [5.41, 5.74) is 1.18. The molecule has 1 aliphatic heterocycles. The molecule has 1 saturated heterocycles. The number of nitriles is 1. The fourth-order valence-electron chi connectivity index (χ4n) is 2.89. The number of rotatable bonds is 4. The van der Waals surface area contributed by atoms with Crippen molar-refractivity contribution in [3.8, 4) is 11.8 Å². The van der Waals surface area contributed by atoms with Crippen molar-refractivity contribution in [2.24, 2.45) is 0 Å². The zero-order chi connectivity index (χ0) is 16.9. The van der Waals surface area contributed by atoms with Gasteiger partial charge in [-0.15, -0.1) is 0 Å². The molecule has 124 valence electrons. The van der Waals surface area contributed by atoms with E-state index in [1.165, 1.54) is 6.07 Å². The van der Waals surface area contributed by atoms with Gasteiger partial charge in [-0.05, 0) is 49.2 Å². The van der Waals surface area contributed by atoms with Crippen molar-refractivity contribution >= 4 is 11.6 Å². The molecule has 5 heteroatoms. The van der Waals surface area contributed by atoms with Crippen LogP contribution in [0.5, 0.6) is 5.75 Å². The number of ether oxygens (including phenoxy) is 1. The molecule has 0 N–H and O–H groups in total. The Kier molecular flexibility index (Phi) is 5.34. The largest absolute Gasteiger partial charge is 0.490 e. The van der Waals surface area contributed by atoms with Crippen LogP contribution in [0.15, 0.2) is 42.5 Å². The molecule has 0 atom stereocenters. The minimum Gasteiger partial charge on any atom is -0.490 e. The van der Waals surface area contributed by atoms with Gasteiger partial charge in [-0.1, -0.05) is 17.7 Å². The maximum Gasteiger partial charge on any atom is 0.129 e. The Hall–Kier alpha value is -2.09. The van der Waals surface area contributed by atoms with E-state index in [1.807, 2.05) is 12.1 Å². The van der Waals surface area contributed by atoms with Crippen molar-refractivity contribution in [1.29, 1.82) is 5.26 Å². The summed E-state index contributed by atoms with van der Waals surface area (Å²) in [4.78, 5) is 2.20. The van der Waals surface area contributed by atoms with Gasteiger partial charge in [-0.2, -0.15) is 5.26 Å². The van der Waals surface area contributed by atoms with Crippen molar-refractivity contribution in [1.82, 2.24) is 4.90 Å². The number of hydrogen-bond acceptors (Lipinski definition) is 3. The summed E-state index contributed by atoms with van der Waals surface area (Å²) in [7, 11) is 0. The van der Waals surface area contributed by atoms with Crippen molar-refractivity contribution < 1.29 is 9.13 Å². The molecule has 0 aliphatic carbocycles. The number of hydrogen-bond donors (Lipinski definition) is 0. The fraction of sp³-hybridized carbons (Fsp3) is 0.316. The van der Waals surface area contributed by atoms with Crippen LogP contribution in [0.1, 0.15) is 24.0 Å². The lowest BCUT2D eigenvalue weighted by Gasteiger charge is -2.32. The van der Waals surface area contributed by atoms with E-state index in [0.29, 0.717) is 22.7 Å². The van der Waals surface area contributed by atoms with E-state index in [1.54, 1.807) is 24.3 Å². The normalized spacial score (nSPS) is 15.9. The number of likely N-dealkylation sites (tertiary alicyclic amines) is 1. The summed E-state index contributed by atoms with van der Waals surface area (Å²) in [6.45, 7) is 2.20. The third kappa shape index (κ3) is 4.05. The predicted molar refractivity (Wildman–Crippen MR) is 91.5 cm³/mol. The molecule has 1 fully saturated rings. The molecule has 0 saturated carbocycles. The molecule has 0 spiro atoms. The molecule has 0 aromatic heterocycles. The molecule has 2 aromatic carbocycles. The maximum atomic E-state index is 13.9. The average molecular weight is 345 g/mol. The van der Waals surface area contributed by atoms with Crippen LogP contribution in [-0.4, -0.2) is 24.1 Å². The van der Waals surface area contributed by atoms with Crippen LogP contribution in [0.2, 0.25) is 5.02 Å². The van der Waals surface area contributed by atoms with Gasteiger partial charge in [0.05, 0.1) is 11.6 Å². The smallest absolute Gasteiger partial charge is 0.129 e. The standard InChI is InChI=1S/C19H18ClFN2O/c20-18-2-1-3-19(21)17(18)13-23-10-8-16(9-11-23)24-15-6-4-14(12-22)5-7-15/h1-7,16H,8-11,13H2. The van der Waals surface area contributed by atoms with E-state index in [0.717, 1.165) is 31.7 Å². The second-order valence-corrected chi connectivity index (χ2v) is 6.34. The average Bonchev–Trinajstić information content (AvgIpc) is 2.60. The van der Waals surface area contributed by atoms with Crippen LogP contribution in [0.4, 0.5) is 4.39 Å². The Morgan fingerprint density at radius 2 is 1.88 bits per heavy atom. The van der Waals surface area contributed by atoms with Gasteiger partial charge in [0.25, 0.3) is 0 Å². The first-order valence-electron chi connectivity index (χ1n) is 7.98. The zero-order valence-corrected chi connectivity index (χ0v) is 14.0. The lowest BCUT2D eigenvalue weighted by atomic mass is 10.1. The highest BCUT2D eigenvalue weighted by atomic mass is 35.5. The summed E-state index contributed by atoms with van der Waals surface area (Å²) in [5, 5.41) is 9.28. The van der Waals surface area contributed by atoms with Gasteiger partial charge < -0.3 is 4.74 Å². The Morgan fingerprint density at radius 3 is 2.50 bits per heavy atom. The van der Waals surface area contributed by atoms with Crippen molar-refractivity contribution in [2.45, 2.75) is 25.5 Å². The molecular weight excluding hydrogens is 327 g/mol. The van der Waals surface area contributed by atoms with Crippen LogP contribution >= 0.6 is 11.6 Å². The fourth-order valence-corrected chi connectivity index (χ4v) is 3.12. The Labute approximate surface area is 146 Å². The van der Waals surface area contributed by atoms with Gasteiger partial charge in [0.1, 0.15) is 17.7 Å². The Bertz CT molecular complexity index is 714. The van der Waals surface area contributed by atoms with Crippen LogP contribution in [0, 0.1) is 17.1 Å². The summed E-state index contributed by atoms with van der Waals surface area (Å²) in [6, 6.07) is 14.0. The Morgan fingerprint density at radius 1 is 1.17 bits per heavy atom. The van der Waals surface area contributed by atoms with E-state index >= 15 is 0 Å². The second kappa shape index (κ2) is 7.65. The third-order valence-corrected chi connectivity index (χ3v) is 4.62. The summed E-state index contributed by atoms with van der Waals surface area (Å²) in [6.07, 6.45) is 1.91. The molecule has 1 aliphatic rings. The molecule has 3 nitrogen and oxygen atoms in total. The van der Waals surface area contributed by atoms with Gasteiger partial charge in [0.15, 0.2) is 0 Å². The molecule has 0 radical (unpaired) electrons. The quantitative estimate of drug-likeness (QED) is 0.825. The lowest BCUT2D eigenvalue weighted by molar-refractivity contribution is 0.0962. The van der Waals surface area contributed by atoms with Gasteiger partial charge in [0, 0.05) is 30.2 Å². The van der Waals surface area contributed by atoms with Crippen molar-refractivity contribution in [3.63, 3.8) is 0 Å². The van der Waals surface area contributed by atoms with Gasteiger partial charge in [-0.3, -0.25) is 4.90 Å². The van der Waals surface area contributed by atoms with Crippen LogP contribution in [0.3, 0.4) is 0 Å². The van der Waals surface area contributed by atoms with E-state index in [4.69, 9.17) is 21.6 Å². The molecular formula is C19H18ClFN2O. The number of piperidine rings is 1. The first-order valence-corrected chi connectivity index (χ1v) is 8.35. The zero-order valence-electron chi connectivity index (χ0n) is 13.2. The van der Waals surface area contributed by atoms with Crippen LogP contribution in [-0.2, 0) is 6.54 Å². The number of nitrogens with zero attached hydrogens (tertiary/aromatic N) is 2. The highest BCUT2D eigenvalue weighted by Crippen LogP contribution is 2.24. The highest BCUT2D eigenvalue weighted by molar-refractivity contribution is 6.31. The topological polar surface area (TPSA) is 36.3 Å². The minimum absolute atomic E-state index is 0.144. The molecule has 3 rings (SSSR count). The molecule has 0 unspecified atom stereocenters. The monoisotopic (exact) mass is 344 g/mol. The van der Waals surface area contributed by atoms with E-state index in [-0.39, 0.29) is 11.9 Å². The van der Waals surface area contributed by atoms with Crippen LogP contribution < -0.4 is 4.74 Å². The van der Waals surface area contributed by atoms with Gasteiger partial charge in [0.2, 0.25) is 0 Å². The molecule has 2 aromatic rings. The van der Waals surface area contributed by atoms with Crippen LogP contribution in [0.25, 0.3) is 0 Å². The molecule has 1 heterocycles. The van der Waals surface area contributed by atoms with Gasteiger partial charge >= 0.3 is 0 Å². The minimum atomic E-state index is -0.251. The first-order chi connectivity index (χ1) is 11.7. The predicted octanol–water partition coefficient (Wildman–Crippen LogP) is 4.39. The maximum absolute atomic E-state index is 13.9. The SMILES string of the molecule is N#Cc1ccc(OC2CCN(Cc3c(F)cccc3Cl)CC2)cc1. The lowest BCUT2D eigenvalue weighted by Crippen LogP contribution is -2.38. The molecule has 0 amide bonds. The van der Waals surface area contributed by atoms with E-state index in [9.17, 15) is 4.39 Å². The third-order valence-electron chi connectivity index (χ3n) is 4.26. The highest BCUT2D eigenvalue weighted by Gasteiger charge is 2.22. The molecule has 0 bridgehead atoms. The van der Waals surface area contributed by atoms with Crippen molar-refractivity contribution in [2.75, 3.05) is 13.1 Å². The van der Waals surface area contributed by atoms with E-state index < -0.39 is 0 Å². The van der Waals surface area contributed by atoms with E-state index in [2.05, 4.69) is 11.0 Å². The molecule has 24 heavy (non-hydrogen) atoms.